The zero-order valence-corrected chi connectivity index (χ0v) is 16.7. The largest absolute Gasteiger partial charge is 0.360 e. The molecule has 0 saturated heterocycles. The second-order valence-electron chi connectivity index (χ2n) is 7.21. The minimum absolute atomic E-state index is 0.280. The molecule has 0 fully saturated rings. The van der Waals surface area contributed by atoms with Crippen molar-refractivity contribution < 1.29 is 4.39 Å². The van der Waals surface area contributed by atoms with Crippen molar-refractivity contribution in [3.8, 4) is 5.69 Å². The van der Waals surface area contributed by atoms with Crippen LogP contribution in [0.5, 0.6) is 0 Å². The molecule has 0 amide bonds. The van der Waals surface area contributed by atoms with Crippen LogP contribution in [-0.2, 0) is 0 Å². The molecule has 0 saturated carbocycles. The van der Waals surface area contributed by atoms with Crippen molar-refractivity contribution in [3.05, 3.63) is 101 Å². The van der Waals surface area contributed by atoms with Crippen molar-refractivity contribution >= 4 is 27.6 Å². The van der Waals surface area contributed by atoms with Gasteiger partial charge < -0.3 is 5.32 Å². The second-order valence-corrected chi connectivity index (χ2v) is 7.21. The molecule has 6 nitrogen and oxygen atoms in total. The quantitative estimate of drug-likeness (QED) is 0.466. The molecule has 1 atom stereocenters. The Labute approximate surface area is 177 Å². The van der Waals surface area contributed by atoms with Crippen LogP contribution in [0.1, 0.15) is 18.7 Å². The fraction of sp³-hybridized carbons (Fsp3) is 0.0833. The lowest BCUT2D eigenvalue weighted by Gasteiger charge is -2.21. The van der Waals surface area contributed by atoms with Gasteiger partial charge >= 0.3 is 0 Å². The lowest BCUT2D eigenvalue weighted by molar-refractivity contribution is 0.638. The Bertz CT molecular complexity index is 1460. The van der Waals surface area contributed by atoms with Crippen LogP contribution in [0.25, 0.3) is 27.5 Å². The normalized spacial score (nSPS) is 12.2. The van der Waals surface area contributed by atoms with Gasteiger partial charge in [-0.25, -0.2) is 14.4 Å². The van der Waals surface area contributed by atoms with Crippen LogP contribution in [0, 0.1) is 5.82 Å². The van der Waals surface area contributed by atoms with Gasteiger partial charge in [-0.15, -0.1) is 0 Å². The van der Waals surface area contributed by atoms with Gasteiger partial charge in [0.05, 0.1) is 16.9 Å². The number of aromatic nitrogens is 4. The van der Waals surface area contributed by atoms with E-state index >= 15 is 0 Å². The third kappa shape index (κ3) is 3.30. The molecule has 0 unspecified atom stereocenters. The monoisotopic (exact) mass is 411 g/mol. The smallest absolute Gasteiger partial charge is 0.263 e. The van der Waals surface area contributed by atoms with E-state index in [-0.39, 0.29) is 17.0 Å². The molecule has 0 spiro atoms. The highest BCUT2D eigenvalue weighted by atomic mass is 19.1. The highest BCUT2D eigenvalue weighted by molar-refractivity contribution is 5.85. The van der Waals surface area contributed by atoms with Crippen LogP contribution < -0.4 is 10.9 Å². The molecule has 5 rings (SSSR count). The van der Waals surface area contributed by atoms with E-state index in [0.29, 0.717) is 33.6 Å². The molecule has 5 aromatic rings. The fourth-order valence-corrected chi connectivity index (χ4v) is 3.76. The maximum absolute atomic E-state index is 14.6. The van der Waals surface area contributed by atoms with Crippen LogP contribution in [0.15, 0.2) is 84.0 Å². The van der Waals surface area contributed by atoms with Crippen molar-refractivity contribution in [3.63, 3.8) is 0 Å². The van der Waals surface area contributed by atoms with E-state index in [1.54, 1.807) is 29.0 Å². The summed E-state index contributed by atoms with van der Waals surface area (Å²) in [5.74, 6) is 0.108. The summed E-state index contributed by atoms with van der Waals surface area (Å²) in [6.07, 6.45) is 3.14. The van der Waals surface area contributed by atoms with Gasteiger partial charge in [0.2, 0.25) is 0 Å². The van der Waals surface area contributed by atoms with Gasteiger partial charge in [-0.2, -0.15) is 0 Å². The van der Waals surface area contributed by atoms with Gasteiger partial charge in [-0.3, -0.25) is 14.3 Å². The predicted molar refractivity (Wildman–Crippen MR) is 119 cm³/mol. The first-order valence-corrected chi connectivity index (χ1v) is 9.85. The second kappa shape index (κ2) is 7.60. The van der Waals surface area contributed by atoms with Gasteiger partial charge in [0.15, 0.2) is 5.82 Å². The number of fused-ring (bicyclic) bond motifs is 2. The molecular formula is C24H18FN5O. The van der Waals surface area contributed by atoms with E-state index in [4.69, 9.17) is 0 Å². The average molecular weight is 411 g/mol. The highest BCUT2D eigenvalue weighted by Gasteiger charge is 2.19. The molecule has 31 heavy (non-hydrogen) atoms. The minimum atomic E-state index is -0.433. The Balaban J connectivity index is 1.71. The van der Waals surface area contributed by atoms with Gasteiger partial charge in [0.1, 0.15) is 17.7 Å². The van der Waals surface area contributed by atoms with Crippen molar-refractivity contribution in [1.82, 2.24) is 19.5 Å². The Hall–Kier alpha value is -4.13. The summed E-state index contributed by atoms with van der Waals surface area (Å²) in [5, 5.41) is 3.94. The fourth-order valence-electron chi connectivity index (χ4n) is 3.76. The Morgan fingerprint density at radius 3 is 2.61 bits per heavy atom. The number of hydrogen-bond donors (Lipinski definition) is 1. The molecular weight excluding hydrogens is 393 g/mol. The lowest BCUT2D eigenvalue weighted by atomic mass is 10.1. The molecule has 7 heteroatoms. The lowest BCUT2D eigenvalue weighted by Crippen LogP contribution is -2.26. The van der Waals surface area contributed by atoms with Crippen molar-refractivity contribution in [2.75, 3.05) is 5.32 Å². The molecule has 0 bridgehead atoms. The summed E-state index contributed by atoms with van der Waals surface area (Å²) in [5.41, 5.74) is 2.36. The summed E-state index contributed by atoms with van der Waals surface area (Å²) in [6, 6.07) is 18.9. The first-order valence-electron chi connectivity index (χ1n) is 9.85. The van der Waals surface area contributed by atoms with Gasteiger partial charge in [-0.05, 0) is 49.4 Å². The number of nitrogens with one attached hydrogen (secondary N) is 1. The Morgan fingerprint density at radius 2 is 1.77 bits per heavy atom. The summed E-state index contributed by atoms with van der Waals surface area (Å²) in [6.45, 7) is 1.90. The summed E-state index contributed by atoms with van der Waals surface area (Å²) in [7, 11) is 0. The maximum Gasteiger partial charge on any atom is 0.263 e. The highest BCUT2D eigenvalue weighted by Crippen LogP contribution is 2.26. The molecule has 0 aliphatic heterocycles. The number of pyridine rings is 2. The number of benzene rings is 2. The molecule has 0 aliphatic rings. The molecule has 0 radical (unpaired) electrons. The summed E-state index contributed by atoms with van der Waals surface area (Å²) < 4.78 is 16.2. The third-order valence-electron chi connectivity index (χ3n) is 5.24. The van der Waals surface area contributed by atoms with E-state index in [0.717, 1.165) is 0 Å². The molecule has 3 aromatic heterocycles. The topological polar surface area (TPSA) is 72.7 Å². The molecule has 1 N–H and O–H groups in total. The molecule has 2 aromatic carbocycles. The maximum atomic E-state index is 14.6. The van der Waals surface area contributed by atoms with Crippen molar-refractivity contribution in [2.45, 2.75) is 13.0 Å². The van der Waals surface area contributed by atoms with Crippen molar-refractivity contribution in [1.29, 1.82) is 0 Å². The first-order chi connectivity index (χ1) is 15.1. The first kappa shape index (κ1) is 18.9. The summed E-state index contributed by atoms with van der Waals surface area (Å²) in [4.78, 5) is 26.3. The number of rotatable bonds is 4. The van der Waals surface area contributed by atoms with Crippen molar-refractivity contribution in [2.24, 2.45) is 0 Å². The standard InChI is InChI=1S/C24H18FN5O/c1-15(29-23-22-20(27-14-28-23)11-6-12-26-22)21-13-18-17(9-5-10-19(18)25)24(31)30(21)16-7-3-2-4-8-16/h2-15H,1H3,(H,27,28,29)/t15-/m0/s1. The average Bonchev–Trinajstić information content (AvgIpc) is 2.80. The van der Waals surface area contributed by atoms with Crippen LogP contribution in [-0.4, -0.2) is 19.5 Å². The zero-order chi connectivity index (χ0) is 21.4. The third-order valence-corrected chi connectivity index (χ3v) is 5.24. The Morgan fingerprint density at radius 1 is 0.935 bits per heavy atom. The van der Waals surface area contributed by atoms with Crippen LogP contribution >= 0.6 is 0 Å². The number of para-hydroxylation sites is 1. The van der Waals surface area contributed by atoms with Gasteiger partial charge in [0.25, 0.3) is 5.56 Å². The van der Waals surface area contributed by atoms with Gasteiger partial charge in [0, 0.05) is 23.0 Å². The van der Waals surface area contributed by atoms with Crippen LogP contribution in [0.4, 0.5) is 10.2 Å². The number of hydrogen-bond acceptors (Lipinski definition) is 5. The van der Waals surface area contributed by atoms with E-state index in [2.05, 4.69) is 20.3 Å². The number of halogens is 1. The van der Waals surface area contributed by atoms with E-state index < -0.39 is 5.82 Å². The predicted octanol–water partition coefficient (Wildman–Crippen LogP) is 4.64. The van der Waals surface area contributed by atoms with Crippen LogP contribution in [0.3, 0.4) is 0 Å². The number of anilines is 1. The summed E-state index contributed by atoms with van der Waals surface area (Å²) >= 11 is 0. The van der Waals surface area contributed by atoms with E-state index in [9.17, 15) is 9.18 Å². The van der Waals surface area contributed by atoms with Gasteiger partial charge in [-0.1, -0.05) is 24.3 Å². The van der Waals surface area contributed by atoms with E-state index in [1.165, 1.54) is 12.4 Å². The molecule has 3 heterocycles. The Kier molecular flexibility index (Phi) is 4.63. The SMILES string of the molecule is C[C@H](Nc1ncnc2cccnc12)c1cc2c(F)cccc2c(=O)n1-c1ccccc1. The van der Waals surface area contributed by atoms with E-state index in [1.807, 2.05) is 49.4 Å². The molecule has 152 valence electrons. The number of nitrogens with zero attached hydrogens (tertiary/aromatic N) is 4. The molecule has 0 aliphatic carbocycles. The van der Waals surface area contributed by atoms with Crippen LogP contribution in [0.2, 0.25) is 0 Å². The minimum Gasteiger partial charge on any atom is -0.360 e. The zero-order valence-electron chi connectivity index (χ0n) is 16.7.